The van der Waals surface area contributed by atoms with Crippen LogP contribution in [-0.4, -0.2) is 5.78 Å². The van der Waals surface area contributed by atoms with Crippen molar-refractivity contribution >= 4 is 63.3 Å². The number of benzene rings is 2. The SMILES string of the molecule is O=C(c1ccc(Nc2ccccc2C(F)(F)F)c(Cl)c1Cl)c1sccc1Cl. The van der Waals surface area contributed by atoms with Gasteiger partial charge in [0, 0.05) is 5.56 Å². The first-order valence-corrected chi connectivity index (χ1v) is 9.40. The van der Waals surface area contributed by atoms with Crippen molar-refractivity contribution in [3.05, 3.63) is 78.9 Å². The summed E-state index contributed by atoms with van der Waals surface area (Å²) in [7, 11) is 0. The molecule has 0 unspecified atom stereocenters. The maximum absolute atomic E-state index is 13.1. The van der Waals surface area contributed by atoms with E-state index in [1.54, 1.807) is 11.4 Å². The molecule has 0 amide bonds. The molecule has 3 aromatic rings. The quantitative estimate of drug-likeness (QED) is 0.413. The monoisotopic (exact) mass is 449 g/mol. The molecular weight excluding hydrogens is 442 g/mol. The van der Waals surface area contributed by atoms with Gasteiger partial charge in [-0.3, -0.25) is 4.79 Å². The fourth-order valence-corrected chi connectivity index (χ4v) is 3.94. The normalized spacial score (nSPS) is 11.5. The van der Waals surface area contributed by atoms with E-state index in [1.807, 2.05) is 0 Å². The molecule has 0 saturated carbocycles. The number of para-hydroxylation sites is 1. The van der Waals surface area contributed by atoms with E-state index in [0.717, 1.165) is 17.4 Å². The van der Waals surface area contributed by atoms with Gasteiger partial charge in [0.2, 0.25) is 5.78 Å². The minimum Gasteiger partial charge on any atom is -0.354 e. The summed E-state index contributed by atoms with van der Waals surface area (Å²) in [4.78, 5) is 12.9. The number of ketones is 1. The van der Waals surface area contributed by atoms with Crippen LogP contribution >= 0.6 is 46.1 Å². The molecule has 3 rings (SSSR count). The predicted molar refractivity (Wildman–Crippen MR) is 104 cm³/mol. The van der Waals surface area contributed by atoms with E-state index in [4.69, 9.17) is 34.8 Å². The van der Waals surface area contributed by atoms with E-state index in [0.29, 0.717) is 9.90 Å². The Morgan fingerprint density at radius 2 is 1.63 bits per heavy atom. The number of carbonyl (C=O) groups is 1. The number of thiophene rings is 1. The summed E-state index contributed by atoms with van der Waals surface area (Å²) < 4.78 is 39.4. The molecule has 1 N–H and O–H groups in total. The van der Waals surface area contributed by atoms with Crippen LogP contribution in [0.25, 0.3) is 0 Å². The van der Waals surface area contributed by atoms with Crippen molar-refractivity contribution in [2.24, 2.45) is 0 Å². The third kappa shape index (κ3) is 4.09. The molecule has 0 radical (unpaired) electrons. The lowest BCUT2D eigenvalue weighted by atomic mass is 10.1. The zero-order chi connectivity index (χ0) is 19.8. The fraction of sp³-hybridized carbons (Fsp3) is 0.0556. The third-order valence-electron chi connectivity index (χ3n) is 3.65. The molecule has 9 heteroatoms. The van der Waals surface area contributed by atoms with Crippen LogP contribution in [0.3, 0.4) is 0 Å². The Morgan fingerprint density at radius 3 is 2.26 bits per heavy atom. The summed E-state index contributed by atoms with van der Waals surface area (Å²) in [6.45, 7) is 0. The lowest BCUT2D eigenvalue weighted by Gasteiger charge is -2.16. The van der Waals surface area contributed by atoms with Crippen LogP contribution in [0.1, 0.15) is 20.8 Å². The number of hydrogen-bond donors (Lipinski definition) is 1. The van der Waals surface area contributed by atoms with Crippen LogP contribution in [0.5, 0.6) is 0 Å². The topological polar surface area (TPSA) is 29.1 Å². The first kappa shape index (κ1) is 20.0. The number of anilines is 2. The molecule has 2 aromatic carbocycles. The van der Waals surface area contributed by atoms with Crippen molar-refractivity contribution in [3.8, 4) is 0 Å². The van der Waals surface area contributed by atoms with Gasteiger partial charge in [-0.2, -0.15) is 13.2 Å². The highest BCUT2D eigenvalue weighted by molar-refractivity contribution is 7.13. The highest BCUT2D eigenvalue weighted by Gasteiger charge is 2.33. The van der Waals surface area contributed by atoms with E-state index < -0.39 is 17.5 Å². The maximum atomic E-state index is 13.1. The van der Waals surface area contributed by atoms with Crippen LogP contribution in [0, 0.1) is 0 Å². The van der Waals surface area contributed by atoms with Crippen molar-refractivity contribution in [1.29, 1.82) is 0 Å². The molecule has 1 heterocycles. The number of hydrogen-bond acceptors (Lipinski definition) is 3. The van der Waals surface area contributed by atoms with Crippen molar-refractivity contribution in [2.45, 2.75) is 6.18 Å². The Morgan fingerprint density at radius 1 is 0.926 bits per heavy atom. The van der Waals surface area contributed by atoms with Gasteiger partial charge in [-0.05, 0) is 35.7 Å². The molecule has 0 aliphatic rings. The Kier molecular flexibility index (Phi) is 5.72. The van der Waals surface area contributed by atoms with Gasteiger partial charge in [-0.15, -0.1) is 11.3 Å². The minimum atomic E-state index is -4.54. The zero-order valence-corrected chi connectivity index (χ0v) is 16.3. The molecule has 1 aromatic heterocycles. The average molecular weight is 451 g/mol. The van der Waals surface area contributed by atoms with Crippen molar-refractivity contribution in [1.82, 2.24) is 0 Å². The number of nitrogens with one attached hydrogen (secondary N) is 1. The molecule has 0 atom stereocenters. The number of alkyl halides is 3. The second-order valence-corrected chi connectivity index (χ2v) is 7.46. The Balaban J connectivity index is 1.98. The molecule has 0 spiro atoms. The van der Waals surface area contributed by atoms with Gasteiger partial charge in [0.05, 0.1) is 36.9 Å². The van der Waals surface area contributed by atoms with E-state index >= 15 is 0 Å². The van der Waals surface area contributed by atoms with E-state index in [1.165, 1.54) is 30.3 Å². The molecular formula is C18H9Cl3F3NOS. The van der Waals surface area contributed by atoms with E-state index in [9.17, 15) is 18.0 Å². The maximum Gasteiger partial charge on any atom is 0.418 e. The predicted octanol–water partition coefficient (Wildman–Crippen LogP) is 7.70. The van der Waals surface area contributed by atoms with Crippen LogP contribution in [0.15, 0.2) is 47.8 Å². The van der Waals surface area contributed by atoms with Gasteiger partial charge in [0.15, 0.2) is 0 Å². The van der Waals surface area contributed by atoms with Gasteiger partial charge in [0.25, 0.3) is 0 Å². The first-order chi connectivity index (χ1) is 12.7. The number of halogens is 6. The van der Waals surface area contributed by atoms with E-state index in [2.05, 4.69) is 5.32 Å². The summed E-state index contributed by atoms with van der Waals surface area (Å²) in [6.07, 6.45) is -4.54. The van der Waals surface area contributed by atoms with Gasteiger partial charge in [-0.1, -0.05) is 46.9 Å². The first-order valence-electron chi connectivity index (χ1n) is 7.39. The van der Waals surface area contributed by atoms with Crippen molar-refractivity contribution < 1.29 is 18.0 Å². The van der Waals surface area contributed by atoms with Gasteiger partial charge < -0.3 is 5.32 Å². The fourth-order valence-electron chi connectivity index (χ4n) is 2.38. The standard InChI is InChI=1S/C18H9Cl3F3NOS/c19-11-7-8-27-17(11)16(26)9-5-6-13(15(21)14(9)20)25-12-4-2-1-3-10(12)18(22,23)24/h1-8,25H. The van der Waals surface area contributed by atoms with Crippen LogP contribution < -0.4 is 5.32 Å². The third-order valence-corrected chi connectivity index (χ3v) is 5.87. The second kappa shape index (κ2) is 7.72. The molecule has 2 nitrogen and oxygen atoms in total. The van der Waals surface area contributed by atoms with Gasteiger partial charge in [-0.25, -0.2) is 0 Å². The molecule has 0 bridgehead atoms. The second-order valence-electron chi connectivity index (χ2n) is 5.38. The van der Waals surface area contributed by atoms with Crippen molar-refractivity contribution in [2.75, 3.05) is 5.32 Å². The van der Waals surface area contributed by atoms with E-state index in [-0.39, 0.29) is 27.0 Å². The minimum absolute atomic E-state index is 0.0628. The van der Waals surface area contributed by atoms with Crippen molar-refractivity contribution in [3.63, 3.8) is 0 Å². The summed E-state index contributed by atoms with van der Waals surface area (Å²) in [5, 5.41) is 4.45. The summed E-state index contributed by atoms with van der Waals surface area (Å²) in [5.74, 6) is -0.413. The molecule has 0 fully saturated rings. The van der Waals surface area contributed by atoms with Crippen LogP contribution in [-0.2, 0) is 6.18 Å². The van der Waals surface area contributed by atoms with Gasteiger partial charge in [0.1, 0.15) is 0 Å². The zero-order valence-electron chi connectivity index (χ0n) is 13.2. The lowest BCUT2D eigenvalue weighted by Crippen LogP contribution is -2.09. The average Bonchev–Trinajstić information content (AvgIpc) is 3.04. The smallest absolute Gasteiger partial charge is 0.354 e. The molecule has 0 aliphatic heterocycles. The highest BCUT2D eigenvalue weighted by atomic mass is 35.5. The number of carbonyl (C=O) groups excluding carboxylic acids is 1. The van der Waals surface area contributed by atoms with Crippen LogP contribution in [0.4, 0.5) is 24.5 Å². The molecule has 140 valence electrons. The summed E-state index contributed by atoms with van der Waals surface area (Å²) >= 11 is 19.5. The number of rotatable bonds is 4. The summed E-state index contributed by atoms with van der Waals surface area (Å²) in [6, 6.07) is 9.35. The molecule has 0 saturated heterocycles. The molecule has 27 heavy (non-hydrogen) atoms. The lowest BCUT2D eigenvalue weighted by molar-refractivity contribution is -0.136. The Bertz CT molecular complexity index is 1020. The Hall–Kier alpha value is -1.73. The summed E-state index contributed by atoms with van der Waals surface area (Å²) in [5.41, 5.74) is -0.765. The largest absolute Gasteiger partial charge is 0.418 e. The Labute approximate surface area is 171 Å². The highest BCUT2D eigenvalue weighted by Crippen LogP contribution is 2.40. The molecule has 0 aliphatic carbocycles. The van der Waals surface area contributed by atoms with Gasteiger partial charge >= 0.3 is 6.18 Å². The van der Waals surface area contributed by atoms with Crippen LogP contribution in [0.2, 0.25) is 15.1 Å².